The summed E-state index contributed by atoms with van der Waals surface area (Å²) in [6.07, 6.45) is 4.53. The van der Waals surface area contributed by atoms with Crippen molar-refractivity contribution >= 4 is 39.9 Å². The van der Waals surface area contributed by atoms with Gasteiger partial charge < -0.3 is 9.30 Å². The Balaban J connectivity index is 1.92. The second-order valence-corrected chi connectivity index (χ2v) is 7.28. The summed E-state index contributed by atoms with van der Waals surface area (Å²) in [6.45, 7) is 5.17. The molecule has 0 N–H and O–H groups in total. The van der Waals surface area contributed by atoms with Gasteiger partial charge in [-0.3, -0.25) is 14.5 Å². The summed E-state index contributed by atoms with van der Waals surface area (Å²) in [6, 6.07) is 8.43. The van der Waals surface area contributed by atoms with E-state index in [1.54, 1.807) is 7.11 Å². The fourth-order valence-electron chi connectivity index (χ4n) is 2.98. The first kappa shape index (κ1) is 17.8. The molecule has 2 heterocycles. The highest BCUT2D eigenvalue weighted by molar-refractivity contribution is 8.18. The second kappa shape index (κ2) is 7.45. The zero-order valence-corrected chi connectivity index (χ0v) is 15.5. The van der Waals surface area contributed by atoms with E-state index in [1.807, 2.05) is 30.5 Å². The molecule has 1 fully saturated rings. The molecule has 1 aliphatic rings. The highest BCUT2D eigenvalue weighted by Gasteiger charge is 2.34. The van der Waals surface area contributed by atoms with Gasteiger partial charge in [0.2, 0.25) is 0 Å². The summed E-state index contributed by atoms with van der Waals surface area (Å²) in [5.41, 5.74) is 2.09. The van der Waals surface area contributed by atoms with Crippen molar-refractivity contribution in [2.45, 2.75) is 26.3 Å². The number of carbonyl (C=O) groups is 2. The van der Waals surface area contributed by atoms with E-state index in [-0.39, 0.29) is 11.1 Å². The molecule has 0 bridgehead atoms. The highest BCUT2D eigenvalue weighted by Crippen LogP contribution is 2.34. The molecule has 1 aromatic carbocycles. The minimum absolute atomic E-state index is 0.208. The zero-order valence-electron chi connectivity index (χ0n) is 14.7. The summed E-state index contributed by atoms with van der Waals surface area (Å²) in [5, 5.41) is 0.877. The first-order valence-electron chi connectivity index (χ1n) is 8.36. The highest BCUT2D eigenvalue weighted by atomic mass is 32.2. The third-order valence-electron chi connectivity index (χ3n) is 4.22. The minimum Gasteiger partial charge on any atom is -0.385 e. The van der Waals surface area contributed by atoms with Gasteiger partial charge in [-0.2, -0.15) is 0 Å². The normalized spacial score (nSPS) is 16.8. The maximum Gasteiger partial charge on any atom is 0.293 e. The Morgan fingerprint density at radius 3 is 2.72 bits per heavy atom. The Morgan fingerprint density at radius 2 is 2.00 bits per heavy atom. The molecule has 25 heavy (non-hydrogen) atoms. The van der Waals surface area contributed by atoms with E-state index in [0.29, 0.717) is 30.5 Å². The number of benzene rings is 1. The molecular formula is C19H22N2O3S. The van der Waals surface area contributed by atoms with E-state index in [9.17, 15) is 9.59 Å². The van der Waals surface area contributed by atoms with Gasteiger partial charge in [0.25, 0.3) is 11.1 Å². The maximum atomic E-state index is 12.6. The Morgan fingerprint density at radius 1 is 1.24 bits per heavy atom. The molecule has 1 aliphatic heterocycles. The van der Waals surface area contributed by atoms with Gasteiger partial charge in [-0.15, -0.1) is 0 Å². The number of aromatic nitrogens is 1. The number of methoxy groups -OCH3 is 1. The van der Waals surface area contributed by atoms with Crippen molar-refractivity contribution < 1.29 is 14.3 Å². The second-order valence-electron chi connectivity index (χ2n) is 6.28. The van der Waals surface area contributed by atoms with Gasteiger partial charge in [0.05, 0.1) is 4.91 Å². The molecule has 0 atom stereocenters. The van der Waals surface area contributed by atoms with Crippen molar-refractivity contribution in [2.24, 2.45) is 0 Å². The number of ether oxygens (including phenoxy) is 1. The van der Waals surface area contributed by atoms with Crippen LogP contribution in [0.3, 0.4) is 0 Å². The summed E-state index contributed by atoms with van der Waals surface area (Å²) >= 11 is 1.01. The lowest BCUT2D eigenvalue weighted by Crippen LogP contribution is -2.29. The largest absolute Gasteiger partial charge is 0.385 e. The molecule has 5 nitrogen and oxygen atoms in total. The molecule has 1 saturated heterocycles. The van der Waals surface area contributed by atoms with Crippen molar-refractivity contribution in [1.82, 2.24) is 9.47 Å². The number of thioether (sulfide) groups is 1. The number of para-hydroxylation sites is 1. The molecule has 132 valence electrons. The molecule has 0 spiro atoms. The summed E-state index contributed by atoms with van der Waals surface area (Å²) in [7, 11) is 1.61. The predicted molar refractivity (Wildman–Crippen MR) is 101 cm³/mol. The van der Waals surface area contributed by atoms with Crippen LogP contribution in [0.2, 0.25) is 0 Å². The topological polar surface area (TPSA) is 51.5 Å². The van der Waals surface area contributed by atoms with Gasteiger partial charge in [0, 0.05) is 49.0 Å². The van der Waals surface area contributed by atoms with Crippen LogP contribution >= 0.6 is 11.8 Å². The fourth-order valence-corrected chi connectivity index (χ4v) is 3.83. The van der Waals surface area contributed by atoms with Gasteiger partial charge in [-0.1, -0.05) is 18.2 Å². The van der Waals surface area contributed by atoms with Crippen molar-refractivity contribution in [2.75, 3.05) is 20.3 Å². The van der Waals surface area contributed by atoms with Crippen LogP contribution in [-0.2, 0) is 9.53 Å². The summed E-state index contributed by atoms with van der Waals surface area (Å²) in [4.78, 5) is 26.5. The molecule has 0 radical (unpaired) electrons. The Bertz CT molecular complexity index is 838. The van der Waals surface area contributed by atoms with Crippen LogP contribution in [0.25, 0.3) is 17.0 Å². The van der Waals surface area contributed by atoms with E-state index in [4.69, 9.17) is 4.74 Å². The number of nitrogens with zero attached hydrogens (tertiary/aromatic N) is 2. The molecule has 2 aromatic rings. The molecule has 0 saturated carbocycles. The lowest BCUT2D eigenvalue weighted by molar-refractivity contribution is -0.122. The number of amides is 2. The van der Waals surface area contributed by atoms with E-state index >= 15 is 0 Å². The van der Waals surface area contributed by atoms with Crippen molar-refractivity contribution in [3.8, 4) is 0 Å². The molecule has 0 aliphatic carbocycles. The average molecular weight is 358 g/mol. The van der Waals surface area contributed by atoms with Crippen LogP contribution in [-0.4, -0.2) is 40.9 Å². The molecule has 1 aromatic heterocycles. The third kappa shape index (κ3) is 3.50. The number of rotatable bonds is 6. The number of imide groups is 1. The molecule has 6 heteroatoms. The van der Waals surface area contributed by atoms with Crippen molar-refractivity contribution in [3.05, 3.63) is 40.9 Å². The summed E-state index contributed by atoms with van der Waals surface area (Å²) in [5.74, 6) is -0.215. The van der Waals surface area contributed by atoms with Crippen LogP contribution in [0.4, 0.5) is 4.79 Å². The van der Waals surface area contributed by atoms with E-state index in [0.717, 1.165) is 28.2 Å². The first-order chi connectivity index (χ1) is 12.0. The van der Waals surface area contributed by atoms with Crippen LogP contribution in [0.5, 0.6) is 0 Å². The van der Waals surface area contributed by atoms with Crippen LogP contribution in [0.15, 0.2) is 35.4 Å². The predicted octanol–water partition coefficient (Wildman–Crippen LogP) is 4.30. The van der Waals surface area contributed by atoms with Crippen molar-refractivity contribution in [3.63, 3.8) is 0 Å². The zero-order chi connectivity index (χ0) is 18.0. The molecular weight excluding hydrogens is 336 g/mol. The van der Waals surface area contributed by atoms with Gasteiger partial charge in [0.1, 0.15) is 0 Å². The lowest BCUT2D eigenvalue weighted by atomic mass is 10.1. The standard InChI is InChI=1S/C19H22N2O3S/c1-13(2)21-12-14(15-7-4-5-8-16(15)21)11-17-18(22)20(19(23)25-17)9-6-10-24-3/h4-5,7-8,11-13H,6,9-10H2,1-3H3/b17-11+. The first-order valence-corrected chi connectivity index (χ1v) is 9.18. The summed E-state index contributed by atoms with van der Waals surface area (Å²) < 4.78 is 7.18. The smallest absolute Gasteiger partial charge is 0.293 e. The van der Waals surface area contributed by atoms with Crippen molar-refractivity contribution in [1.29, 1.82) is 0 Å². The molecule has 0 unspecified atom stereocenters. The lowest BCUT2D eigenvalue weighted by Gasteiger charge is -2.11. The minimum atomic E-state index is -0.215. The Hall–Kier alpha value is -2.05. The van der Waals surface area contributed by atoms with Gasteiger partial charge in [-0.05, 0) is 44.2 Å². The Labute approximate surface area is 151 Å². The van der Waals surface area contributed by atoms with E-state index in [1.165, 1.54) is 4.90 Å². The van der Waals surface area contributed by atoms with Gasteiger partial charge in [0.15, 0.2) is 0 Å². The Kier molecular flexibility index (Phi) is 5.30. The molecule has 2 amide bonds. The number of fused-ring (bicyclic) bond motifs is 1. The van der Waals surface area contributed by atoms with Gasteiger partial charge >= 0.3 is 0 Å². The molecule has 3 rings (SSSR count). The maximum absolute atomic E-state index is 12.6. The number of carbonyl (C=O) groups excluding carboxylic acids is 2. The number of hydrogen-bond donors (Lipinski definition) is 0. The van der Waals surface area contributed by atoms with Crippen LogP contribution < -0.4 is 0 Å². The number of hydrogen-bond acceptors (Lipinski definition) is 4. The third-order valence-corrected chi connectivity index (χ3v) is 5.13. The fraction of sp³-hybridized carbons (Fsp3) is 0.368. The quantitative estimate of drug-likeness (QED) is 0.571. The average Bonchev–Trinajstić information content (AvgIpc) is 3.08. The SMILES string of the molecule is COCCCN1C(=O)S/C(=C/c2cn(C(C)C)c3ccccc23)C1=O. The van der Waals surface area contributed by atoms with E-state index in [2.05, 4.69) is 24.5 Å². The van der Waals surface area contributed by atoms with Gasteiger partial charge in [-0.25, -0.2) is 0 Å². The monoisotopic (exact) mass is 358 g/mol. The van der Waals surface area contributed by atoms with E-state index < -0.39 is 0 Å². The van der Waals surface area contributed by atoms with Crippen LogP contribution in [0, 0.1) is 0 Å². The van der Waals surface area contributed by atoms with Crippen LogP contribution in [0.1, 0.15) is 31.9 Å².